The van der Waals surface area contributed by atoms with Gasteiger partial charge in [0.1, 0.15) is 5.82 Å². The van der Waals surface area contributed by atoms with Gasteiger partial charge in [-0.1, -0.05) is 35.9 Å². The van der Waals surface area contributed by atoms with Crippen LogP contribution in [0.3, 0.4) is 0 Å². The zero-order chi connectivity index (χ0) is 20.6. The van der Waals surface area contributed by atoms with E-state index in [9.17, 15) is 13.9 Å². The second-order valence-corrected chi connectivity index (χ2v) is 10.0. The van der Waals surface area contributed by atoms with Gasteiger partial charge in [0.05, 0.1) is 17.1 Å². The number of benzene rings is 2. The van der Waals surface area contributed by atoms with Gasteiger partial charge in [-0.15, -0.1) is 0 Å². The van der Waals surface area contributed by atoms with Crippen LogP contribution in [0.1, 0.15) is 15.9 Å². The van der Waals surface area contributed by atoms with Crippen LogP contribution >= 0.6 is 22.2 Å². The van der Waals surface area contributed by atoms with Crippen LogP contribution in [0.2, 0.25) is 5.02 Å². The zero-order valence-electron chi connectivity index (χ0n) is 15.9. The second-order valence-electron chi connectivity index (χ2n) is 7.16. The van der Waals surface area contributed by atoms with Gasteiger partial charge in [-0.05, 0) is 30.7 Å². The summed E-state index contributed by atoms with van der Waals surface area (Å²) >= 11 is 6.08. The first kappa shape index (κ1) is 20.0. The van der Waals surface area contributed by atoms with Crippen molar-refractivity contribution >= 4 is 50.4 Å². The van der Waals surface area contributed by atoms with Crippen molar-refractivity contribution in [1.29, 1.82) is 0 Å². The molecule has 8 heteroatoms. The molecule has 1 amide bonds. The summed E-state index contributed by atoms with van der Waals surface area (Å²) < 4.78 is 19.7. The number of fused-ring (bicyclic) bond motifs is 1. The number of carbonyl (C=O) groups is 1. The van der Waals surface area contributed by atoms with Crippen LogP contribution in [0.15, 0.2) is 48.7 Å². The summed E-state index contributed by atoms with van der Waals surface area (Å²) in [6, 6.07) is 13.2. The lowest BCUT2D eigenvalue weighted by Crippen LogP contribution is -2.42. The van der Waals surface area contributed by atoms with Gasteiger partial charge < -0.3 is 10.2 Å². The van der Waals surface area contributed by atoms with Crippen molar-refractivity contribution in [2.45, 2.75) is 6.92 Å². The van der Waals surface area contributed by atoms with Crippen molar-refractivity contribution in [2.24, 2.45) is 0 Å². The SMILES string of the molecule is Cc1cccc2c(Nc3cccc(Cl)c3)ncc(C(=O)N3CCS(O)(O)CC3)c12. The molecule has 29 heavy (non-hydrogen) atoms. The molecule has 3 aromatic rings. The number of hydrogen-bond acceptors (Lipinski definition) is 5. The van der Waals surface area contributed by atoms with Gasteiger partial charge >= 0.3 is 0 Å². The maximum atomic E-state index is 13.2. The molecule has 1 aliphatic rings. The van der Waals surface area contributed by atoms with Gasteiger partial charge in [-0.2, -0.15) is 10.6 Å². The van der Waals surface area contributed by atoms with E-state index in [1.165, 1.54) is 0 Å². The van der Waals surface area contributed by atoms with E-state index < -0.39 is 10.6 Å². The molecular weight excluding hydrogens is 410 g/mol. The largest absolute Gasteiger partial charge is 0.340 e. The number of nitrogens with zero attached hydrogens (tertiary/aromatic N) is 2. The molecule has 0 bridgehead atoms. The third-order valence-corrected chi connectivity index (χ3v) is 7.01. The van der Waals surface area contributed by atoms with Crippen LogP contribution in [-0.4, -0.2) is 49.5 Å². The molecule has 4 rings (SSSR count). The molecule has 2 heterocycles. The highest BCUT2D eigenvalue weighted by Crippen LogP contribution is 2.41. The highest BCUT2D eigenvalue weighted by atomic mass is 35.5. The smallest absolute Gasteiger partial charge is 0.256 e. The number of amides is 1. The number of pyridine rings is 1. The first-order valence-corrected chi connectivity index (χ1v) is 11.5. The Balaban J connectivity index is 1.72. The van der Waals surface area contributed by atoms with Crippen LogP contribution in [0.4, 0.5) is 11.5 Å². The van der Waals surface area contributed by atoms with Gasteiger partial charge in [0.15, 0.2) is 0 Å². The zero-order valence-corrected chi connectivity index (χ0v) is 17.5. The number of aromatic nitrogens is 1. The van der Waals surface area contributed by atoms with E-state index in [1.54, 1.807) is 17.2 Å². The minimum Gasteiger partial charge on any atom is -0.340 e. The van der Waals surface area contributed by atoms with Crippen molar-refractivity contribution in [2.75, 3.05) is 29.9 Å². The van der Waals surface area contributed by atoms with E-state index in [1.807, 2.05) is 43.3 Å². The lowest BCUT2D eigenvalue weighted by atomic mass is 10.0. The average molecular weight is 432 g/mol. The van der Waals surface area contributed by atoms with Crippen LogP contribution in [0, 0.1) is 6.92 Å². The summed E-state index contributed by atoms with van der Waals surface area (Å²) in [5, 5.41) is 5.60. The van der Waals surface area contributed by atoms with Crippen LogP contribution in [0.5, 0.6) is 0 Å². The highest BCUT2D eigenvalue weighted by Gasteiger charge is 2.27. The molecule has 0 saturated carbocycles. The number of nitrogens with one attached hydrogen (secondary N) is 1. The average Bonchev–Trinajstić information content (AvgIpc) is 2.68. The molecule has 1 aliphatic heterocycles. The first-order valence-electron chi connectivity index (χ1n) is 9.28. The molecule has 0 unspecified atom stereocenters. The Morgan fingerprint density at radius 1 is 1.17 bits per heavy atom. The summed E-state index contributed by atoms with van der Waals surface area (Å²) in [7, 11) is -2.56. The molecule has 2 aromatic carbocycles. The minimum atomic E-state index is -2.56. The third kappa shape index (κ3) is 4.18. The van der Waals surface area contributed by atoms with E-state index in [-0.39, 0.29) is 17.4 Å². The Bertz CT molecular complexity index is 1080. The number of halogens is 1. The number of aryl methyl sites for hydroxylation is 1. The third-order valence-electron chi connectivity index (χ3n) is 5.10. The predicted molar refractivity (Wildman–Crippen MR) is 120 cm³/mol. The van der Waals surface area contributed by atoms with Gasteiger partial charge in [0, 0.05) is 40.8 Å². The molecule has 3 N–H and O–H groups in total. The molecule has 0 atom stereocenters. The number of carbonyl (C=O) groups excluding carboxylic acids is 1. The Hall–Kier alpha value is -2.32. The summed E-state index contributed by atoms with van der Waals surface area (Å²) in [5.74, 6) is 0.950. The summed E-state index contributed by atoms with van der Waals surface area (Å²) in [4.78, 5) is 19.4. The molecule has 1 fully saturated rings. The quantitative estimate of drug-likeness (QED) is 0.534. The van der Waals surface area contributed by atoms with Crippen molar-refractivity contribution < 1.29 is 13.9 Å². The molecule has 1 aromatic heterocycles. The van der Waals surface area contributed by atoms with Crippen molar-refractivity contribution in [3.8, 4) is 0 Å². The van der Waals surface area contributed by atoms with Crippen LogP contribution < -0.4 is 5.32 Å². The number of hydrogen-bond donors (Lipinski definition) is 3. The molecular formula is C21H22ClN3O3S. The van der Waals surface area contributed by atoms with E-state index in [2.05, 4.69) is 10.3 Å². The van der Waals surface area contributed by atoms with E-state index >= 15 is 0 Å². The summed E-state index contributed by atoms with van der Waals surface area (Å²) in [6.45, 7) is 2.63. The maximum Gasteiger partial charge on any atom is 0.256 e. The van der Waals surface area contributed by atoms with Crippen molar-refractivity contribution in [1.82, 2.24) is 9.88 Å². The molecule has 152 valence electrons. The van der Waals surface area contributed by atoms with Gasteiger partial charge in [-0.3, -0.25) is 13.9 Å². The molecule has 6 nitrogen and oxygen atoms in total. The van der Waals surface area contributed by atoms with Crippen molar-refractivity contribution in [3.05, 3.63) is 64.8 Å². The number of rotatable bonds is 3. The fourth-order valence-corrected chi connectivity index (χ4v) is 4.97. The topological polar surface area (TPSA) is 85.7 Å². The lowest BCUT2D eigenvalue weighted by Gasteiger charge is -2.41. The van der Waals surface area contributed by atoms with E-state index in [0.717, 1.165) is 22.0 Å². The lowest BCUT2D eigenvalue weighted by molar-refractivity contribution is 0.0769. The fraction of sp³-hybridized carbons (Fsp3) is 0.238. The first-order chi connectivity index (χ1) is 13.8. The van der Waals surface area contributed by atoms with Crippen molar-refractivity contribution in [3.63, 3.8) is 0 Å². The molecule has 0 radical (unpaired) electrons. The Morgan fingerprint density at radius 3 is 2.62 bits per heavy atom. The Kier molecular flexibility index (Phi) is 5.40. The van der Waals surface area contributed by atoms with Gasteiger partial charge in [-0.25, -0.2) is 4.98 Å². The summed E-state index contributed by atoms with van der Waals surface area (Å²) in [6.07, 6.45) is 1.59. The van der Waals surface area contributed by atoms with E-state index in [0.29, 0.717) is 29.5 Å². The summed E-state index contributed by atoms with van der Waals surface area (Å²) in [5.41, 5.74) is 2.31. The van der Waals surface area contributed by atoms with Gasteiger partial charge in [0.25, 0.3) is 5.91 Å². The Morgan fingerprint density at radius 2 is 1.90 bits per heavy atom. The predicted octanol–water partition coefficient (Wildman–Crippen LogP) is 5.15. The Labute approximate surface area is 175 Å². The van der Waals surface area contributed by atoms with Crippen LogP contribution in [-0.2, 0) is 0 Å². The molecule has 0 spiro atoms. The highest BCUT2D eigenvalue weighted by molar-refractivity contribution is 8.24. The number of anilines is 2. The monoisotopic (exact) mass is 431 g/mol. The maximum absolute atomic E-state index is 13.2. The van der Waals surface area contributed by atoms with Gasteiger partial charge in [0.2, 0.25) is 0 Å². The second kappa shape index (κ2) is 7.84. The normalized spacial score (nSPS) is 17.2. The molecule has 1 saturated heterocycles. The minimum absolute atomic E-state index is 0.138. The fourth-order valence-electron chi connectivity index (χ4n) is 3.55. The van der Waals surface area contributed by atoms with Crippen LogP contribution in [0.25, 0.3) is 10.8 Å². The molecule has 0 aliphatic carbocycles. The standard InChI is InChI=1S/C21H22ClN3O3S/c1-14-4-2-7-17-19(14)18(21(26)25-8-10-29(27,28)11-9-25)13-23-20(17)24-16-6-3-5-15(22)12-16/h2-7,12-13,27-28H,8-11H2,1H3,(H,23,24). The van der Waals surface area contributed by atoms with E-state index in [4.69, 9.17) is 11.6 Å².